The molecule has 0 heterocycles. The van der Waals surface area contributed by atoms with Crippen LogP contribution in [0.2, 0.25) is 0 Å². The third kappa shape index (κ3) is 14.9. The maximum absolute atomic E-state index is 12.8. The van der Waals surface area contributed by atoms with Crippen LogP contribution in [0.25, 0.3) is 6.08 Å². The Labute approximate surface area is 237 Å². The van der Waals surface area contributed by atoms with Gasteiger partial charge in [-0.05, 0) is 48.4 Å². The van der Waals surface area contributed by atoms with E-state index in [9.17, 15) is 18.3 Å². The number of unbranched alkanes of at least 4 members (excludes halogenated alkanes) is 15. The van der Waals surface area contributed by atoms with Gasteiger partial charge in [0.2, 0.25) is 5.91 Å². The zero-order chi connectivity index (χ0) is 28.2. The molecule has 5 nitrogen and oxygen atoms in total. The number of carbonyl (C=O) groups excluding carboxylic acids is 1. The highest BCUT2D eigenvalue weighted by molar-refractivity contribution is 7.91. The van der Waals surface area contributed by atoms with Crippen LogP contribution in [0, 0.1) is 0 Å². The zero-order valence-electron chi connectivity index (χ0n) is 23.9. The van der Waals surface area contributed by atoms with E-state index in [4.69, 9.17) is 0 Å². The fraction of sp³-hybridized carbons (Fsp3) is 0.545. The van der Waals surface area contributed by atoms with Crippen molar-refractivity contribution in [2.45, 2.75) is 115 Å². The van der Waals surface area contributed by atoms with Crippen LogP contribution in [0.3, 0.4) is 0 Å². The molecule has 0 aromatic heterocycles. The van der Waals surface area contributed by atoms with Gasteiger partial charge in [-0.2, -0.15) is 0 Å². The van der Waals surface area contributed by atoms with Crippen LogP contribution in [0.4, 0.5) is 5.69 Å². The van der Waals surface area contributed by atoms with Crippen LogP contribution in [0.1, 0.15) is 115 Å². The lowest BCUT2D eigenvalue weighted by Gasteiger charge is -2.08. The average Bonchev–Trinajstić information content (AvgIpc) is 2.92. The van der Waals surface area contributed by atoms with Gasteiger partial charge in [0, 0.05) is 11.8 Å². The molecule has 0 fully saturated rings. The Morgan fingerprint density at radius 3 is 1.85 bits per heavy atom. The molecule has 216 valence electrons. The Balaban J connectivity index is 1.57. The molecule has 0 saturated heterocycles. The predicted octanol–water partition coefficient (Wildman–Crippen LogP) is 9.08. The first-order chi connectivity index (χ1) is 18.9. The van der Waals surface area contributed by atoms with Gasteiger partial charge >= 0.3 is 0 Å². The first-order valence-electron chi connectivity index (χ1n) is 15.0. The maximum atomic E-state index is 12.8. The van der Waals surface area contributed by atoms with Crippen molar-refractivity contribution in [1.82, 2.24) is 0 Å². The lowest BCUT2D eigenvalue weighted by atomic mass is 10.0. The smallest absolute Gasteiger partial charge is 0.248 e. The summed E-state index contributed by atoms with van der Waals surface area (Å²) in [6.07, 6.45) is 23.0. The lowest BCUT2D eigenvalue weighted by Crippen LogP contribution is -2.10. The van der Waals surface area contributed by atoms with Gasteiger partial charge in [-0.15, -0.1) is 0 Å². The normalized spacial score (nSPS) is 11.7. The second-order valence-electron chi connectivity index (χ2n) is 10.6. The summed E-state index contributed by atoms with van der Waals surface area (Å²) in [6, 6.07) is 13.0. The number of benzene rings is 2. The quantitative estimate of drug-likeness (QED) is 0.119. The maximum Gasteiger partial charge on any atom is 0.248 e. The molecule has 2 rings (SSSR count). The largest absolute Gasteiger partial charge is 0.508 e. The molecule has 2 aromatic rings. The number of aromatic hydroxyl groups is 1. The molecule has 2 N–H and O–H groups in total. The molecule has 1 amide bonds. The number of carbonyl (C=O) groups is 1. The number of sulfone groups is 1. The Kier molecular flexibility index (Phi) is 16.3. The standard InChI is InChI=1S/C33H49NO4S/c1-2-3-4-5-6-7-8-9-10-11-12-13-14-15-16-17-26-39(37,38)32-23-19-21-30(28-32)34-33(36)25-24-29-20-18-22-31(35)27-29/h18-25,27-28,35H,2-17,26H2,1H3,(H,34,36)/b25-24+. The summed E-state index contributed by atoms with van der Waals surface area (Å²) in [6.45, 7) is 2.26. The van der Waals surface area contributed by atoms with E-state index in [0.717, 1.165) is 12.8 Å². The number of rotatable bonds is 21. The predicted molar refractivity (Wildman–Crippen MR) is 164 cm³/mol. The minimum absolute atomic E-state index is 0.125. The van der Waals surface area contributed by atoms with Crippen molar-refractivity contribution in [1.29, 1.82) is 0 Å². The summed E-state index contributed by atoms with van der Waals surface area (Å²) >= 11 is 0. The first-order valence-corrected chi connectivity index (χ1v) is 16.7. The van der Waals surface area contributed by atoms with Crippen LogP contribution in [0.15, 0.2) is 59.5 Å². The monoisotopic (exact) mass is 555 g/mol. The minimum Gasteiger partial charge on any atom is -0.508 e. The van der Waals surface area contributed by atoms with Gasteiger partial charge in [0.05, 0.1) is 10.6 Å². The third-order valence-corrected chi connectivity index (χ3v) is 8.82. The van der Waals surface area contributed by atoms with Gasteiger partial charge in [-0.25, -0.2) is 8.42 Å². The van der Waals surface area contributed by atoms with E-state index >= 15 is 0 Å². The summed E-state index contributed by atoms with van der Waals surface area (Å²) in [5.74, 6) is -0.120. The number of nitrogens with one attached hydrogen (secondary N) is 1. The van der Waals surface area contributed by atoms with Crippen molar-refractivity contribution in [2.75, 3.05) is 11.1 Å². The Bertz CT molecular complexity index is 1090. The first kappa shape index (κ1) is 32.6. The SMILES string of the molecule is CCCCCCCCCCCCCCCCCCS(=O)(=O)c1cccc(NC(=O)/C=C/c2cccc(O)c2)c1. The summed E-state index contributed by atoms with van der Waals surface area (Å²) < 4.78 is 25.6. The number of hydrogen-bond acceptors (Lipinski definition) is 4. The molecule has 0 spiro atoms. The molecule has 0 unspecified atom stereocenters. The summed E-state index contributed by atoms with van der Waals surface area (Å²) in [5, 5.41) is 12.2. The van der Waals surface area contributed by atoms with Gasteiger partial charge in [0.15, 0.2) is 9.84 Å². The van der Waals surface area contributed by atoms with Crippen molar-refractivity contribution in [3.05, 3.63) is 60.2 Å². The minimum atomic E-state index is -3.40. The molecule has 2 aromatic carbocycles. The molecule has 0 saturated carbocycles. The van der Waals surface area contributed by atoms with Crippen molar-refractivity contribution < 1.29 is 18.3 Å². The molecule has 6 heteroatoms. The van der Waals surface area contributed by atoms with E-state index in [1.54, 1.807) is 48.5 Å². The Hall–Kier alpha value is -2.60. The molecule has 0 atom stereocenters. The lowest BCUT2D eigenvalue weighted by molar-refractivity contribution is -0.111. The number of phenols is 1. The second kappa shape index (κ2) is 19.5. The number of anilines is 1. The highest BCUT2D eigenvalue weighted by Gasteiger charge is 2.14. The van der Waals surface area contributed by atoms with E-state index in [1.165, 1.54) is 95.6 Å². The zero-order valence-corrected chi connectivity index (χ0v) is 24.7. The van der Waals surface area contributed by atoms with E-state index in [2.05, 4.69) is 12.2 Å². The van der Waals surface area contributed by atoms with Gasteiger partial charge < -0.3 is 10.4 Å². The van der Waals surface area contributed by atoms with E-state index in [-0.39, 0.29) is 22.3 Å². The summed E-state index contributed by atoms with van der Waals surface area (Å²) in [5.41, 5.74) is 1.13. The van der Waals surface area contributed by atoms with Crippen molar-refractivity contribution >= 4 is 27.5 Å². The molecular formula is C33H49NO4S. The fourth-order valence-electron chi connectivity index (χ4n) is 4.71. The highest BCUT2D eigenvalue weighted by atomic mass is 32.2. The average molecular weight is 556 g/mol. The van der Waals surface area contributed by atoms with Gasteiger partial charge in [0.1, 0.15) is 5.75 Å². The summed E-state index contributed by atoms with van der Waals surface area (Å²) in [7, 11) is -3.40. The number of hydrogen-bond donors (Lipinski definition) is 2. The molecular weight excluding hydrogens is 506 g/mol. The van der Waals surface area contributed by atoms with Gasteiger partial charge in [-0.3, -0.25) is 4.79 Å². The van der Waals surface area contributed by atoms with Crippen molar-refractivity contribution in [3.8, 4) is 5.75 Å². The van der Waals surface area contributed by atoms with Crippen molar-refractivity contribution in [2.24, 2.45) is 0 Å². The Morgan fingerprint density at radius 2 is 1.28 bits per heavy atom. The van der Waals surface area contributed by atoms with Crippen LogP contribution >= 0.6 is 0 Å². The number of phenolic OH excluding ortho intramolecular Hbond substituents is 1. The van der Waals surface area contributed by atoms with Crippen LogP contribution < -0.4 is 5.32 Å². The van der Waals surface area contributed by atoms with Gasteiger partial charge in [0.25, 0.3) is 0 Å². The van der Waals surface area contributed by atoms with E-state index in [1.807, 2.05) is 0 Å². The molecule has 39 heavy (non-hydrogen) atoms. The van der Waals surface area contributed by atoms with Gasteiger partial charge in [-0.1, -0.05) is 121 Å². The molecule has 0 aliphatic heterocycles. The summed E-state index contributed by atoms with van der Waals surface area (Å²) in [4.78, 5) is 12.5. The third-order valence-electron chi connectivity index (χ3n) is 7.02. The number of amides is 1. The van der Waals surface area contributed by atoms with Crippen LogP contribution in [0.5, 0.6) is 5.75 Å². The molecule has 0 aliphatic rings. The van der Waals surface area contributed by atoms with E-state index < -0.39 is 9.84 Å². The second-order valence-corrected chi connectivity index (χ2v) is 12.7. The highest BCUT2D eigenvalue weighted by Crippen LogP contribution is 2.20. The van der Waals surface area contributed by atoms with Crippen molar-refractivity contribution in [3.63, 3.8) is 0 Å². The van der Waals surface area contributed by atoms with Crippen LogP contribution in [-0.2, 0) is 14.6 Å². The molecule has 0 bridgehead atoms. The van der Waals surface area contributed by atoms with Crippen LogP contribution in [-0.4, -0.2) is 25.2 Å². The molecule has 0 aliphatic carbocycles. The molecule has 0 radical (unpaired) electrons. The topological polar surface area (TPSA) is 83.5 Å². The Morgan fingerprint density at radius 1 is 0.744 bits per heavy atom. The van der Waals surface area contributed by atoms with E-state index in [0.29, 0.717) is 17.7 Å². The fourth-order valence-corrected chi connectivity index (χ4v) is 6.12.